The highest BCUT2D eigenvalue weighted by molar-refractivity contribution is 8.00. The van der Waals surface area contributed by atoms with Gasteiger partial charge in [0.05, 0.1) is 0 Å². The van der Waals surface area contributed by atoms with E-state index in [9.17, 15) is 0 Å². The lowest BCUT2D eigenvalue weighted by Gasteiger charge is -2.30. The maximum absolute atomic E-state index is 3.60. The van der Waals surface area contributed by atoms with Gasteiger partial charge >= 0.3 is 0 Å². The zero-order valence-electron chi connectivity index (χ0n) is 10.8. The molecule has 0 amide bonds. The third kappa shape index (κ3) is 6.75. The molecule has 0 atom stereocenters. The number of hydrogen-bond donors (Lipinski definition) is 1. The van der Waals surface area contributed by atoms with Gasteiger partial charge in [0.2, 0.25) is 0 Å². The Bertz CT molecular complexity index is 127. The molecule has 3 heteroatoms. The molecule has 0 unspecified atom stereocenters. The van der Waals surface area contributed by atoms with E-state index in [0.29, 0.717) is 4.75 Å². The molecule has 0 radical (unpaired) electrons. The molecule has 1 N–H and O–H groups in total. The zero-order valence-corrected chi connectivity index (χ0v) is 12.4. The summed E-state index contributed by atoms with van der Waals surface area (Å²) in [5.41, 5.74) is 0. The highest BCUT2D eigenvalue weighted by atomic mass is 32.2. The van der Waals surface area contributed by atoms with Crippen LogP contribution in [0.2, 0.25) is 0 Å². The number of nitrogens with one attached hydrogen (secondary N) is 1. The smallest absolute Gasteiger partial charge is 0.0276 e. The molecule has 0 aliphatic heterocycles. The van der Waals surface area contributed by atoms with Gasteiger partial charge in [-0.1, -0.05) is 20.8 Å². The summed E-state index contributed by atoms with van der Waals surface area (Å²) in [5, 5.41) is 3.60. The molecule has 0 bridgehead atoms. The van der Waals surface area contributed by atoms with Crippen molar-refractivity contribution in [3.05, 3.63) is 0 Å². The first kappa shape index (κ1) is 15.7. The fourth-order valence-corrected chi connectivity index (χ4v) is 3.08. The topological polar surface area (TPSA) is 12.0 Å². The summed E-state index contributed by atoms with van der Waals surface area (Å²) in [4.78, 5) is 0. The summed E-state index contributed by atoms with van der Waals surface area (Å²) in [5.74, 6) is 2.55. The highest BCUT2D eigenvalue weighted by Gasteiger charge is 2.23. The maximum Gasteiger partial charge on any atom is 0.0276 e. The van der Waals surface area contributed by atoms with Crippen LogP contribution in [-0.2, 0) is 0 Å². The lowest BCUT2D eigenvalue weighted by Crippen LogP contribution is -2.37. The third-order valence-electron chi connectivity index (χ3n) is 3.02. The summed E-state index contributed by atoms with van der Waals surface area (Å²) in [7, 11) is 0. The van der Waals surface area contributed by atoms with Gasteiger partial charge in [0.15, 0.2) is 0 Å². The maximum atomic E-state index is 3.60. The molecule has 0 aromatic carbocycles. The minimum Gasteiger partial charge on any atom is -0.315 e. The van der Waals surface area contributed by atoms with Crippen LogP contribution in [0.25, 0.3) is 0 Å². The second-order valence-electron chi connectivity index (χ2n) is 3.82. The number of thioether (sulfide) groups is 2. The van der Waals surface area contributed by atoms with E-state index < -0.39 is 0 Å². The van der Waals surface area contributed by atoms with Crippen molar-refractivity contribution in [3.8, 4) is 0 Å². The van der Waals surface area contributed by atoms with Crippen molar-refractivity contribution in [2.45, 2.75) is 44.8 Å². The molecule has 0 heterocycles. The quantitative estimate of drug-likeness (QED) is 0.594. The van der Waals surface area contributed by atoms with Crippen LogP contribution in [0.5, 0.6) is 0 Å². The van der Waals surface area contributed by atoms with E-state index in [4.69, 9.17) is 0 Å². The van der Waals surface area contributed by atoms with Crippen LogP contribution in [0.3, 0.4) is 0 Å². The van der Waals surface area contributed by atoms with Gasteiger partial charge < -0.3 is 5.32 Å². The minimum absolute atomic E-state index is 0.470. The molecule has 1 nitrogen and oxygen atoms in total. The van der Waals surface area contributed by atoms with E-state index in [2.05, 4.69) is 32.3 Å². The first-order valence-corrected chi connectivity index (χ1v) is 8.46. The largest absolute Gasteiger partial charge is 0.315 e. The van der Waals surface area contributed by atoms with Gasteiger partial charge in [0.1, 0.15) is 0 Å². The van der Waals surface area contributed by atoms with Crippen molar-refractivity contribution in [1.29, 1.82) is 0 Å². The normalized spacial score (nSPS) is 12.0. The molecule has 15 heavy (non-hydrogen) atoms. The van der Waals surface area contributed by atoms with Crippen LogP contribution in [0.15, 0.2) is 0 Å². The molecule has 92 valence electrons. The van der Waals surface area contributed by atoms with Crippen LogP contribution in [0, 0.1) is 0 Å². The van der Waals surface area contributed by atoms with Crippen molar-refractivity contribution >= 4 is 23.5 Å². The summed E-state index contributed by atoms with van der Waals surface area (Å²) in [6.45, 7) is 9.17. The molecule has 0 saturated heterocycles. The summed E-state index contributed by atoms with van der Waals surface area (Å²) >= 11 is 4.06. The van der Waals surface area contributed by atoms with Gasteiger partial charge in [-0.15, -0.1) is 0 Å². The third-order valence-corrected chi connectivity index (χ3v) is 5.59. The van der Waals surface area contributed by atoms with E-state index in [-0.39, 0.29) is 0 Å². The average molecular weight is 249 g/mol. The Balaban J connectivity index is 3.54. The van der Waals surface area contributed by atoms with E-state index in [1.54, 1.807) is 0 Å². The summed E-state index contributed by atoms with van der Waals surface area (Å²) in [6.07, 6.45) is 6.07. The molecular weight excluding hydrogens is 222 g/mol. The summed E-state index contributed by atoms with van der Waals surface area (Å²) in [6, 6.07) is 0. The van der Waals surface area contributed by atoms with Gasteiger partial charge in [-0.25, -0.2) is 0 Å². The zero-order chi connectivity index (χ0) is 11.6. The van der Waals surface area contributed by atoms with Crippen LogP contribution in [0.4, 0.5) is 0 Å². The average Bonchev–Trinajstić information content (AvgIpc) is 2.29. The Hall–Kier alpha value is 0.660. The SMILES string of the molecule is CCSCCCNCC(CC)(CC)SC. The van der Waals surface area contributed by atoms with Gasteiger partial charge in [0, 0.05) is 11.3 Å². The van der Waals surface area contributed by atoms with Crippen molar-refractivity contribution < 1.29 is 0 Å². The fourth-order valence-electron chi connectivity index (χ4n) is 1.62. The monoisotopic (exact) mass is 249 g/mol. The first-order valence-electron chi connectivity index (χ1n) is 6.08. The van der Waals surface area contributed by atoms with Crippen LogP contribution in [-0.4, -0.2) is 35.6 Å². The molecule has 0 aromatic heterocycles. The first-order chi connectivity index (χ1) is 7.24. The Kier molecular flexibility index (Phi) is 10.3. The van der Waals surface area contributed by atoms with E-state index in [1.807, 2.05) is 23.5 Å². The molecule has 0 spiro atoms. The molecule has 0 aliphatic carbocycles. The van der Waals surface area contributed by atoms with Crippen LogP contribution >= 0.6 is 23.5 Å². The standard InChI is InChI=1S/C12H27NS2/c1-5-12(6-2,14-4)11-13-9-8-10-15-7-3/h13H,5-11H2,1-4H3. The lowest BCUT2D eigenvalue weighted by atomic mass is 10.0. The Morgan fingerprint density at radius 1 is 1.13 bits per heavy atom. The van der Waals surface area contributed by atoms with Crippen LogP contribution < -0.4 is 5.32 Å². The van der Waals surface area contributed by atoms with Gasteiger partial charge in [-0.3, -0.25) is 0 Å². The predicted octanol–water partition coefficient (Wildman–Crippen LogP) is 3.64. The molecule has 0 saturated carbocycles. The van der Waals surface area contributed by atoms with Crippen molar-refractivity contribution in [2.24, 2.45) is 0 Å². The molecule has 0 aliphatic rings. The highest BCUT2D eigenvalue weighted by Crippen LogP contribution is 2.29. The lowest BCUT2D eigenvalue weighted by molar-refractivity contribution is 0.496. The van der Waals surface area contributed by atoms with Gasteiger partial charge in [0.25, 0.3) is 0 Å². The second-order valence-corrected chi connectivity index (χ2v) is 6.49. The van der Waals surface area contributed by atoms with Crippen molar-refractivity contribution in [1.82, 2.24) is 5.32 Å². The van der Waals surface area contributed by atoms with Crippen molar-refractivity contribution in [3.63, 3.8) is 0 Å². The Labute approximate surface area is 105 Å². The van der Waals surface area contributed by atoms with Gasteiger partial charge in [-0.2, -0.15) is 23.5 Å². The van der Waals surface area contributed by atoms with E-state index >= 15 is 0 Å². The number of rotatable bonds is 10. The van der Waals surface area contributed by atoms with Crippen LogP contribution in [0.1, 0.15) is 40.0 Å². The number of hydrogen-bond acceptors (Lipinski definition) is 3. The van der Waals surface area contributed by atoms with E-state index in [1.165, 1.54) is 37.3 Å². The molecule has 0 fully saturated rings. The van der Waals surface area contributed by atoms with E-state index in [0.717, 1.165) is 6.54 Å². The molecular formula is C12H27NS2. The van der Waals surface area contributed by atoms with Gasteiger partial charge in [-0.05, 0) is 43.6 Å². The van der Waals surface area contributed by atoms with Crippen molar-refractivity contribution in [2.75, 3.05) is 30.9 Å². The second kappa shape index (κ2) is 9.86. The predicted molar refractivity (Wildman–Crippen MR) is 77.3 cm³/mol. The fraction of sp³-hybridized carbons (Fsp3) is 1.00. The summed E-state index contributed by atoms with van der Waals surface area (Å²) < 4.78 is 0.470. The molecule has 0 rings (SSSR count). The Morgan fingerprint density at radius 2 is 1.80 bits per heavy atom. The minimum atomic E-state index is 0.470. The molecule has 0 aromatic rings. The Morgan fingerprint density at radius 3 is 2.27 bits per heavy atom.